The highest BCUT2D eigenvalue weighted by Crippen LogP contribution is 2.45. The van der Waals surface area contributed by atoms with Crippen molar-refractivity contribution in [1.29, 1.82) is 0 Å². The average molecular weight is 1280 g/mol. The molecule has 0 rings (SSSR count). The van der Waals surface area contributed by atoms with Crippen LogP contribution in [0.2, 0.25) is 0 Å². The van der Waals surface area contributed by atoms with Crippen molar-refractivity contribution in [3.05, 3.63) is 0 Å². The van der Waals surface area contributed by atoms with Gasteiger partial charge in [-0.2, -0.15) is 0 Å². The molecule has 19 heteroatoms. The lowest BCUT2D eigenvalue weighted by atomic mass is 10.0. The van der Waals surface area contributed by atoms with Crippen molar-refractivity contribution < 1.29 is 80.2 Å². The highest BCUT2D eigenvalue weighted by Gasteiger charge is 2.30. The molecule has 0 fully saturated rings. The molecule has 5 atom stereocenters. The van der Waals surface area contributed by atoms with Gasteiger partial charge >= 0.3 is 39.5 Å². The zero-order valence-electron chi connectivity index (χ0n) is 56.2. The van der Waals surface area contributed by atoms with Gasteiger partial charge in [-0.15, -0.1) is 0 Å². The fraction of sp³-hybridized carbons (Fsp3) is 0.941. The first-order valence-corrected chi connectivity index (χ1v) is 38.6. The molecule has 0 aliphatic heterocycles. The minimum Gasteiger partial charge on any atom is -0.462 e. The number of esters is 4. The summed E-state index contributed by atoms with van der Waals surface area (Å²) >= 11 is 0. The van der Waals surface area contributed by atoms with Crippen LogP contribution in [0.1, 0.15) is 349 Å². The van der Waals surface area contributed by atoms with Crippen LogP contribution in [0, 0.1) is 5.92 Å². The molecule has 0 saturated carbocycles. The van der Waals surface area contributed by atoms with Crippen molar-refractivity contribution in [1.82, 2.24) is 0 Å². The summed E-state index contributed by atoms with van der Waals surface area (Å²) in [6, 6.07) is 0. The van der Waals surface area contributed by atoms with Crippen LogP contribution in [0.15, 0.2) is 0 Å². The molecule has 0 saturated heterocycles. The van der Waals surface area contributed by atoms with Gasteiger partial charge < -0.3 is 33.8 Å². The average Bonchev–Trinajstić information content (AvgIpc) is 3.62. The summed E-state index contributed by atoms with van der Waals surface area (Å²) in [7, 11) is -9.89. The van der Waals surface area contributed by atoms with Crippen LogP contribution in [0.25, 0.3) is 0 Å². The van der Waals surface area contributed by atoms with Crippen molar-refractivity contribution >= 4 is 39.5 Å². The van der Waals surface area contributed by atoms with Crippen LogP contribution in [-0.4, -0.2) is 96.7 Å². The highest BCUT2D eigenvalue weighted by molar-refractivity contribution is 7.47. The van der Waals surface area contributed by atoms with Crippen LogP contribution in [0.5, 0.6) is 0 Å². The van der Waals surface area contributed by atoms with Crippen LogP contribution < -0.4 is 0 Å². The molecule has 0 aliphatic rings. The zero-order valence-corrected chi connectivity index (χ0v) is 57.9. The number of carbonyl (C=O) groups is 4. The molecule has 0 aromatic carbocycles. The summed E-state index contributed by atoms with van der Waals surface area (Å²) in [4.78, 5) is 72.2. The lowest BCUT2D eigenvalue weighted by Gasteiger charge is -2.21. The third kappa shape index (κ3) is 62.6. The third-order valence-electron chi connectivity index (χ3n) is 15.8. The quantitative estimate of drug-likeness (QED) is 0.0222. The van der Waals surface area contributed by atoms with Gasteiger partial charge in [-0.3, -0.25) is 37.3 Å². The summed E-state index contributed by atoms with van der Waals surface area (Å²) in [5.74, 6) is -1.37. The monoisotopic (exact) mass is 1280 g/mol. The summed E-state index contributed by atoms with van der Waals surface area (Å²) < 4.78 is 68.0. The standard InChI is InChI=1S/C68H132O17P2/c1-6-9-12-15-18-20-21-22-23-24-25-26-27-28-34-39-44-49-54-68(73)85-64(58-79-66(71)52-47-42-37-33-30-29-32-36-40-45-50-61(4)5)60-83-87(76,77)81-56-62(69)55-80-86(74,75)82-59-63(57-78-65(70)51-46-41-35-17-14-11-8-3)84-67(72)53-48-43-38-31-19-16-13-10-7-2/h61-64,69H,6-60H2,1-5H3,(H,74,75)(H,76,77)/t62-,63+,64+/m0/s1. The summed E-state index contributed by atoms with van der Waals surface area (Å²) in [5.41, 5.74) is 0. The zero-order chi connectivity index (χ0) is 64.2. The van der Waals surface area contributed by atoms with Crippen molar-refractivity contribution in [3.8, 4) is 0 Å². The molecule has 0 heterocycles. The second-order valence-corrected chi connectivity index (χ2v) is 27.9. The predicted molar refractivity (Wildman–Crippen MR) is 349 cm³/mol. The molecule has 0 aliphatic carbocycles. The van der Waals surface area contributed by atoms with Crippen molar-refractivity contribution in [3.63, 3.8) is 0 Å². The number of aliphatic hydroxyl groups excluding tert-OH is 1. The molecule has 2 unspecified atom stereocenters. The van der Waals surface area contributed by atoms with Gasteiger partial charge in [-0.1, -0.05) is 298 Å². The molecule has 0 aromatic rings. The smallest absolute Gasteiger partial charge is 0.462 e. The number of unbranched alkanes of at least 4 members (excludes halogenated alkanes) is 40. The van der Waals surface area contributed by atoms with Gasteiger partial charge in [-0.05, 0) is 31.6 Å². The maximum Gasteiger partial charge on any atom is 0.472 e. The Morgan fingerprint density at radius 1 is 0.310 bits per heavy atom. The molecular formula is C68H132O17P2. The number of hydrogen-bond acceptors (Lipinski definition) is 15. The SMILES string of the molecule is CCCCCCCCCCCCCCCCCCCCC(=O)O[C@H](COC(=O)CCCCCCCCCCCCC(C)C)COP(=O)(O)OC[C@@H](O)COP(=O)(O)OC[C@@H](COC(=O)CCCCCCCCC)OC(=O)CCCCCCCCCCC. The number of ether oxygens (including phenoxy) is 4. The van der Waals surface area contributed by atoms with E-state index >= 15 is 0 Å². The molecule has 0 aromatic heterocycles. The highest BCUT2D eigenvalue weighted by atomic mass is 31.2. The lowest BCUT2D eigenvalue weighted by molar-refractivity contribution is -0.161. The Bertz CT molecular complexity index is 1690. The van der Waals surface area contributed by atoms with E-state index in [4.69, 9.17) is 37.0 Å². The number of rotatable bonds is 68. The van der Waals surface area contributed by atoms with Gasteiger partial charge in [0, 0.05) is 25.7 Å². The first-order chi connectivity index (χ1) is 42.0. The van der Waals surface area contributed by atoms with Gasteiger partial charge in [0.2, 0.25) is 0 Å². The van der Waals surface area contributed by atoms with Gasteiger partial charge in [0.05, 0.1) is 26.4 Å². The Kier molecular flexibility index (Phi) is 60.2. The van der Waals surface area contributed by atoms with E-state index in [1.54, 1.807) is 0 Å². The Morgan fingerprint density at radius 2 is 0.529 bits per heavy atom. The number of aliphatic hydroxyl groups is 1. The van der Waals surface area contributed by atoms with Crippen LogP contribution in [0.4, 0.5) is 0 Å². The maximum atomic E-state index is 13.0. The van der Waals surface area contributed by atoms with E-state index in [-0.39, 0.29) is 25.7 Å². The number of phosphoric acid groups is 2. The molecule has 0 amide bonds. The van der Waals surface area contributed by atoms with Crippen LogP contribution >= 0.6 is 15.6 Å². The maximum absolute atomic E-state index is 13.0. The Hall–Kier alpha value is -1.94. The Morgan fingerprint density at radius 3 is 0.782 bits per heavy atom. The minimum atomic E-state index is -4.95. The van der Waals surface area contributed by atoms with Gasteiger partial charge in [0.1, 0.15) is 19.3 Å². The van der Waals surface area contributed by atoms with Crippen molar-refractivity contribution in [2.45, 2.75) is 368 Å². The van der Waals surface area contributed by atoms with Gasteiger partial charge in [0.25, 0.3) is 0 Å². The van der Waals surface area contributed by atoms with Crippen molar-refractivity contribution in [2.75, 3.05) is 39.6 Å². The van der Waals surface area contributed by atoms with Gasteiger partial charge in [0.15, 0.2) is 12.2 Å². The van der Waals surface area contributed by atoms with E-state index in [9.17, 15) is 43.2 Å². The summed E-state index contributed by atoms with van der Waals surface area (Å²) in [5, 5.41) is 10.5. The summed E-state index contributed by atoms with van der Waals surface area (Å²) in [6.07, 6.45) is 47.4. The topological polar surface area (TPSA) is 237 Å². The van der Waals surface area contributed by atoms with Gasteiger partial charge in [-0.25, -0.2) is 9.13 Å². The lowest BCUT2D eigenvalue weighted by Crippen LogP contribution is -2.30. The molecule has 0 bridgehead atoms. The molecule has 17 nitrogen and oxygen atoms in total. The predicted octanol–water partition coefficient (Wildman–Crippen LogP) is 19.4. The third-order valence-corrected chi connectivity index (χ3v) is 17.7. The first kappa shape index (κ1) is 85.1. The summed E-state index contributed by atoms with van der Waals surface area (Å²) in [6.45, 7) is 7.17. The van der Waals surface area contributed by atoms with E-state index in [0.717, 1.165) is 109 Å². The number of hydrogen-bond donors (Lipinski definition) is 3. The van der Waals surface area contributed by atoms with E-state index in [1.807, 2.05) is 0 Å². The largest absolute Gasteiger partial charge is 0.472 e. The van der Waals surface area contributed by atoms with Crippen LogP contribution in [-0.2, 0) is 65.4 Å². The van der Waals surface area contributed by atoms with Crippen molar-refractivity contribution in [2.24, 2.45) is 5.92 Å². The first-order valence-electron chi connectivity index (χ1n) is 35.6. The number of carbonyl (C=O) groups excluding carboxylic acids is 4. The fourth-order valence-corrected chi connectivity index (χ4v) is 11.9. The molecular weight excluding hydrogens is 1150 g/mol. The minimum absolute atomic E-state index is 0.106. The molecule has 3 N–H and O–H groups in total. The van der Waals surface area contributed by atoms with E-state index < -0.39 is 97.5 Å². The molecule has 0 radical (unpaired) electrons. The normalized spacial score (nSPS) is 14.1. The molecule has 87 heavy (non-hydrogen) atoms. The number of phosphoric ester groups is 2. The van der Waals surface area contributed by atoms with E-state index in [0.29, 0.717) is 25.7 Å². The van der Waals surface area contributed by atoms with E-state index in [2.05, 4.69) is 34.6 Å². The molecule has 0 spiro atoms. The fourth-order valence-electron chi connectivity index (χ4n) is 10.3. The molecule has 516 valence electrons. The Labute approximate surface area is 530 Å². The van der Waals surface area contributed by atoms with E-state index in [1.165, 1.54) is 161 Å². The second kappa shape index (κ2) is 61.6. The Balaban J connectivity index is 5.17. The van der Waals surface area contributed by atoms with Crippen LogP contribution in [0.3, 0.4) is 0 Å². The second-order valence-electron chi connectivity index (χ2n) is 25.0.